The summed E-state index contributed by atoms with van der Waals surface area (Å²) in [6.45, 7) is 8.42. The minimum Gasteiger partial charge on any atom is -0.396 e. The van der Waals surface area contributed by atoms with E-state index in [1.165, 1.54) is 16.7 Å². The van der Waals surface area contributed by atoms with Gasteiger partial charge in [0.05, 0.1) is 12.3 Å². The standard InChI is InChI=1S/C16H20N2O/c1-10-5-6-14(13(4)12(10)3)15-9-11(2)17-16(18-15)7-8-19/h5-6,9,19H,7-8H2,1-4H3. The van der Waals surface area contributed by atoms with Crippen molar-refractivity contribution in [2.75, 3.05) is 6.61 Å². The van der Waals surface area contributed by atoms with E-state index in [2.05, 4.69) is 42.9 Å². The van der Waals surface area contributed by atoms with E-state index in [4.69, 9.17) is 5.11 Å². The average molecular weight is 256 g/mol. The van der Waals surface area contributed by atoms with Gasteiger partial charge in [0.25, 0.3) is 0 Å². The predicted molar refractivity (Wildman–Crippen MR) is 77.2 cm³/mol. The van der Waals surface area contributed by atoms with Crippen LogP contribution >= 0.6 is 0 Å². The zero-order chi connectivity index (χ0) is 14.0. The topological polar surface area (TPSA) is 46.0 Å². The summed E-state index contributed by atoms with van der Waals surface area (Å²) in [6, 6.07) is 6.24. The van der Waals surface area contributed by atoms with Gasteiger partial charge >= 0.3 is 0 Å². The number of benzene rings is 1. The number of hydrogen-bond donors (Lipinski definition) is 1. The molecule has 19 heavy (non-hydrogen) atoms. The van der Waals surface area contributed by atoms with Crippen LogP contribution in [-0.2, 0) is 6.42 Å². The fourth-order valence-electron chi connectivity index (χ4n) is 2.21. The van der Waals surface area contributed by atoms with Gasteiger partial charge in [0.2, 0.25) is 0 Å². The van der Waals surface area contributed by atoms with Crippen molar-refractivity contribution in [1.82, 2.24) is 9.97 Å². The number of hydrogen-bond acceptors (Lipinski definition) is 3. The Hall–Kier alpha value is -1.74. The van der Waals surface area contributed by atoms with Crippen LogP contribution in [0, 0.1) is 27.7 Å². The van der Waals surface area contributed by atoms with Crippen LogP contribution in [0.5, 0.6) is 0 Å². The molecule has 0 aliphatic heterocycles. The third-order valence-electron chi connectivity index (χ3n) is 3.57. The number of nitrogens with zero attached hydrogens (tertiary/aromatic N) is 2. The van der Waals surface area contributed by atoms with Gasteiger partial charge in [0.1, 0.15) is 5.82 Å². The van der Waals surface area contributed by atoms with E-state index < -0.39 is 0 Å². The summed E-state index contributed by atoms with van der Waals surface area (Å²) in [5.74, 6) is 0.704. The highest BCUT2D eigenvalue weighted by atomic mass is 16.3. The van der Waals surface area contributed by atoms with E-state index in [0.29, 0.717) is 12.2 Å². The Bertz CT molecular complexity index is 606. The van der Waals surface area contributed by atoms with Gasteiger partial charge in [-0.15, -0.1) is 0 Å². The quantitative estimate of drug-likeness (QED) is 0.918. The maximum absolute atomic E-state index is 9.03. The van der Waals surface area contributed by atoms with Gasteiger partial charge in [0.15, 0.2) is 0 Å². The van der Waals surface area contributed by atoms with Gasteiger partial charge in [-0.3, -0.25) is 0 Å². The van der Waals surface area contributed by atoms with Gasteiger partial charge in [-0.25, -0.2) is 9.97 Å². The highest BCUT2D eigenvalue weighted by Gasteiger charge is 2.09. The monoisotopic (exact) mass is 256 g/mol. The number of aliphatic hydroxyl groups excluding tert-OH is 1. The zero-order valence-electron chi connectivity index (χ0n) is 12.0. The summed E-state index contributed by atoms with van der Waals surface area (Å²) >= 11 is 0. The highest BCUT2D eigenvalue weighted by molar-refractivity contribution is 5.66. The second-order valence-electron chi connectivity index (χ2n) is 4.96. The molecule has 2 rings (SSSR count). The lowest BCUT2D eigenvalue weighted by Gasteiger charge is -2.12. The molecule has 0 aliphatic carbocycles. The van der Waals surface area contributed by atoms with Crippen LogP contribution in [0.1, 0.15) is 28.2 Å². The van der Waals surface area contributed by atoms with Crippen molar-refractivity contribution in [2.24, 2.45) is 0 Å². The lowest BCUT2D eigenvalue weighted by Crippen LogP contribution is -2.02. The van der Waals surface area contributed by atoms with E-state index in [1.807, 2.05) is 13.0 Å². The lowest BCUT2D eigenvalue weighted by atomic mass is 9.96. The molecular formula is C16H20N2O. The first-order valence-electron chi connectivity index (χ1n) is 6.55. The van der Waals surface area contributed by atoms with Gasteiger partial charge in [0, 0.05) is 17.7 Å². The summed E-state index contributed by atoms with van der Waals surface area (Å²) in [6.07, 6.45) is 0.499. The van der Waals surface area contributed by atoms with Crippen molar-refractivity contribution in [2.45, 2.75) is 34.1 Å². The number of aromatic nitrogens is 2. The molecule has 0 bridgehead atoms. The molecule has 3 heteroatoms. The third-order valence-corrected chi connectivity index (χ3v) is 3.57. The molecule has 1 heterocycles. The van der Waals surface area contributed by atoms with Crippen molar-refractivity contribution >= 4 is 0 Å². The van der Waals surface area contributed by atoms with Crippen LogP contribution in [0.15, 0.2) is 18.2 Å². The molecular weight excluding hydrogens is 236 g/mol. The van der Waals surface area contributed by atoms with E-state index in [0.717, 1.165) is 17.0 Å². The molecule has 0 unspecified atom stereocenters. The van der Waals surface area contributed by atoms with Crippen molar-refractivity contribution in [3.05, 3.63) is 46.4 Å². The first kappa shape index (κ1) is 13.7. The molecule has 0 spiro atoms. The van der Waals surface area contributed by atoms with Gasteiger partial charge in [-0.05, 0) is 50.5 Å². The molecule has 0 atom stereocenters. The Morgan fingerprint density at radius 3 is 2.42 bits per heavy atom. The lowest BCUT2D eigenvalue weighted by molar-refractivity contribution is 0.296. The van der Waals surface area contributed by atoms with Crippen LogP contribution < -0.4 is 0 Å². The van der Waals surface area contributed by atoms with E-state index in [1.54, 1.807) is 0 Å². The number of aryl methyl sites for hydroxylation is 2. The molecule has 0 radical (unpaired) electrons. The Morgan fingerprint density at radius 1 is 1.00 bits per heavy atom. The Morgan fingerprint density at radius 2 is 1.74 bits per heavy atom. The van der Waals surface area contributed by atoms with Crippen molar-refractivity contribution < 1.29 is 5.11 Å². The minimum atomic E-state index is 0.0782. The summed E-state index contributed by atoms with van der Waals surface area (Å²) in [5, 5.41) is 9.03. The largest absolute Gasteiger partial charge is 0.396 e. The smallest absolute Gasteiger partial charge is 0.131 e. The summed E-state index contributed by atoms with van der Waals surface area (Å²) in [5.41, 5.74) is 6.88. The fourth-order valence-corrected chi connectivity index (χ4v) is 2.21. The summed E-state index contributed by atoms with van der Waals surface area (Å²) in [7, 11) is 0. The molecule has 0 amide bonds. The molecule has 3 nitrogen and oxygen atoms in total. The maximum atomic E-state index is 9.03. The van der Waals surface area contributed by atoms with Crippen molar-refractivity contribution in [1.29, 1.82) is 0 Å². The number of rotatable bonds is 3. The molecule has 1 aromatic carbocycles. The molecule has 1 N–H and O–H groups in total. The van der Waals surface area contributed by atoms with Gasteiger partial charge in [-0.2, -0.15) is 0 Å². The number of aliphatic hydroxyl groups is 1. The molecule has 0 saturated heterocycles. The second-order valence-corrected chi connectivity index (χ2v) is 4.96. The average Bonchev–Trinajstić information content (AvgIpc) is 2.36. The van der Waals surface area contributed by atoms with Crippen LogP contribution in [0.2, 0.25) is 0 Å². The molecule has 100 valence electrons. The van der Waals surface area contributed by atoms with E-state index >= 15 is 0 Å². The SMILES string of the molecule is Cc1cc(-c2ccc(C)c(C)c2C)nc(CCO)n1. The molecule has 1 aromatic heterocycles. The first-order chi connectivity index (χ1) is 9.02. The van der Waals surface area contributed by atoms with Gasteiger partial charge in [-0.1, -0.05) is 12.1 Å². The van der Waals surface area contributed by atoms with Crippen LogP contribution in [0.3, 0.4) is 0 Å². The van der Waals surface area contributed by atoms with Crippen LogP contribution in [0.4, 0.5) is 0 Å². The van der Waals surface area contributed by atoms with Gasteiger partial charge < -0.3 is 5.11 Å². The zero-order valence-corrected chi connectivity index (χ0v) is 12.0. The Labute approximate surface area is 114 Å². The third kappa shape index (κ3) is 2.82. The molecule has 0 fully saturated rings. The highest BCUT2D eigenvalue weighted by Crippen LogP contribution is 2.26. The van der Waals surface area contributed by atoms with E-state index in [-0.39, 0.29) is 6.61 Å². The molecule has 0 aliphatic rings. The molecule has 2 aromatic rings. The maximum Gasteiger partial charge on any atom is 0.131 e. The Balaban J connectivity index is 2.55. The normalized spacial score (nSPS) is 10.8. The van der Waals surface area contributed by atoms with Crippen LogP contribution in [-0.4, -0.2) is 21.7 Å². The first-order valence-corrected chi connectivity index (χ1v) is 6.55. The molecule has 0 saturated carbocycles. The second kappa shape index (κ2) is 5.49. The van der Waals surface area contributed by atoms with E-state index in [9.17, 15) is 0 Å². The predicted octanol–water partition coefficient (Wildman–Crippen LogP) is 2.91. The Kier molecular flexibility index (Phi) is 3.96. The minimum absolute atomic E-state index is 0.0782. The fraction of sp³-hybridized carbons (Fsp3) is 0.375. The van der Waals surface area contributed by atoms with Crippen LogP contribution in [0.25, 0.3) is 11.3 Å². The summed E-state index contributed by atoms with van der Waals surface area (Å²) in [4.78, 5) is 8.90. The van der Waals surface area contributed by atoms with Crippen molar-refractivity contribution in [3.8, 4) is 11.3 Å². The summed E-state index contributed by atoms with van der Waals surface area (Å²) < 4.78 is 0. The van der Waals surface area contributed by atoms with Crippen molar-refractivity contribution in [3.63, 3.8) is 0 Å².